The van der Waals surface area contributed by atoms with Crippen LogP contribution in [0.4, 0.5) is 14.6 Å². The fraction of sp³-hybridized carbons (Fsp3) is 0.286. The number of nitrogen functional groups attached to an aromatic ring is 1. The van der Waals surface area contributed by atoms with Crippen LogP contribution in [0.1, 0.15) is 44.3 Å². The Morgan fingerprint density at radius 3 is 1.88 bits per heavy atom. The molecule has 7 aromatic rings. The quantitative estimate of drug-likeness (QED) is 0.0611. The fourth-order valence-electron chi connectivity index (χ4n) is 8.09. The van der Waals surface area contributed by atoms with Crippen LogP contribution in [0.5, 0.6) is 23.0 Å². The van der Waals surface area contributed by atoms with Gasteiger partial charge in [-0.2, -0.15) is 0 Å². The van der Waals surface area contributed by atoms with Gasteiger partial charge in [0.1, 0.15) is 59.3 Å². The number of carbonyl (C=O) groups is 2. The van der Waals surface area contributed by atoms with Crippen LogP contribution in [-0.2, 0) is 43.6 Å². The van der Waals surface area contributed by atoms with E-state index in [-0.39, 0.29) is 45.5 Å². The van der Waals surface area contributed by atoms with Crippen molar-refractivity contribution in [3.63, 3.8) is 0 Å². The molecule has 6 unspecified atom stereocenters. The van der Waals surface area contributed by atoms with E-state index < -0.39 is 100 Å². The number of anilines is 1. The van der Waals surface area contributed by atoms with E-state index in [1.807, 2.05) is 0 Å². The minimum absolute atomic E-state index is 0.0344. The van der Waals surface area contributed by atoms with Gasteiger partial charge in [0, 0.05) is 23.8 Å². The predicted molar refractivity (Wildman–Crippen MR) is 274 cm³/mol. The second kappa shape index (κ2) is 23.6. The monoisotopic (exact) mass is 1140 g/mol. The first-order valence-corrected chi connectivity index (χ1v) is 29.1. The zero-order chi connectivity index (χ0) is 53.8. The SMILES string of the molecule is COc1ccc(C(=O)Oc2ccc(CSP3OC[C@H]4O[C@@H](n5ccc(=O)oc5=O)C(F)C4OP(=O)(SCc4ccc(OC(=O)c5ccc(OC)cc5)cc4)OC[C@H]4O[C@@H](n5cnc6c(N)ncnc65)C(F)C4O3)cc2)cc1. The standard InChI is InChI=1S/C49H44F2N6O16P2S2/c1-63-31-15-7-29(8-16-31)47(59)67-33-11-3-27(4-12-33)23-76-74-65-21-35-42(39(51)45(69-35)56-20-19-37(58)71-49(56)61)73-75(62,77-24-28-5-13-34(14-6-28)68-48(60)30-9-17-32(64-2)18-10-30)66-22-36-41(72-74)38(50)46(70-36)57-26-55-40-43(52)53-25-54-44(40)57/h3-20,25-26,35-36,38-39,41-42,45-46H,21-24H2,1-2H3,(H2,52,53,54)/t35-,36-,38?,39?,41?,42?,45-,46-,74?,75?/m1/s1. The summed E-state index contributed by atoms with van der Waals surface area (Å²) in [5.41, 5.74) is 7.21. The van der Waals surface area contributed by atoms with Crippen molar-refractivity contribution in [2.75, 3.05) is 33.2 Å². The number of imidazole rings is 1. The lowest BCUT2D eigenvalue weighted by Gasteiger charge is -2.30. The smallest absolute Gasteiger partial charge is 0.424 e. The lowest BCUT2D eigenvalue weighted by Crippen LogP contribution is -2.37. The van der Waals surface area contributed by atoms with Crippen LogP contribution < -0.4 is 36.1 Å². The van der Waals surface area contributed by atoms with Crippen LogP contribution in [0, 0.1) is 0 Å². The third-order valence-corrected chi connectivity index (χ3v) is 18.8. The molecule has 0 amide bonds. The molecule has 0 saturated carbocycles. The van der Waals surface area contributed by atoms with Gasteiger partial charge >= 0.3 is 30.1 Å². The largest absolute Gasteiger partial charge is 0.497 e. The van der Waals surface area contributed by atoms with E-state index in [1.165, 1.54) is 43.6 Å². The minimum Gasteiger partial charge on any atom is -0.497 e. The van der Waals surface area contributed by atoms with E-state index in [4.69, 9.17) is 56.7 Å². The predicted octanol–water partition coefficient (Wildman–Crippen LogP) is 8.17. The summed E-state index contributed by atoms with van der Waals surface area (Å²) in [6.07, 6.45) is -10.1. The lowest BCUT2D eigenvalue weighted by molar-refractivity contribution is -0.0546. The van der Waals surface area contributed by atoms with Crippen molar-refractivity contribution in [3.8, 4) is 23.0 Å². The number of hydrogen-bond acceptors (Lipinski definition) is 22. The van der Waals surface area contributed by atoms with Crippen LogP contribution in [-0.4, -0.2) is 100 Å². The molecule has 3 saturated heterocycles. The van der Waals surface area contributed by atoms with Crippen molar-refractivity contribution in [2.24, 2.45) is 0 Å². The Morgan fingerprint density at radius 2 is 1.29 bits per heavy atom. The maximum absolute atomic E-state index is 17.3. The molecule has 10 atom stereocenters. The molecule has 402 valence electrons. The summed E-state index contributed by atoms with van der Waals surface area (Å²) < 4.78 is 115. The second-order valence-corrected chi connectivity index (χ2v) is 24.1. The highest BCUT2D eigenvalue weighted by atomic mass is 32.7. The Kier molecular flexibility index (Phi) is 16.5. The van der Waals surface area contributed by atoms with E-state index in [1.54, 1.807) is 84.9 Å². The molecule has 3 aromatic heterocycles. The van der Waals surface area contributed by atoms with E-state index in [9.17, 15) is 19.2 Å². The van der Waals surface area contributed by atoms with Gasteiger partial charge in [0.25, 0.3) is 0 Å². The number of ether oxygens (including phenoxy) is 6. The summed E-state index contributed by atoms with van der Waals surface area (Å²) in [6, 6.07) is 26.5. The third-order valence-electron chi connectivity index (χ3n) is 12.1. The van der Waals surface area contributed by atoms with Crippen molar-refractivity contribution in [2.45, 2.75) is 60.7 Å². The molecule has 77 heavy (non-hydrogen) atoms. The van der Waals surface area contributed by atoms with Crippen molar-refractivity contribution < 1.29 is 73.9 Å². The summed E-state index contributed by atoms with van der Waals surface area (Å²) in [7, 11) is 0.772. The number of alkyl halides is 2. The maximum atomic E-state index is 17.3. The Hall–Kier alpha value is -6.57. The molecule has 0 spiro atoms. The van der Waals surface area contributed by atoms with Gasteiger partial charge in [-0.3, -0.25) is 18.2 Å². The Labute approximate surface area is 444 Å². The number of nitrogens with two attached hydrogens (primary N) is 1. The zero-order valence-electron chi connectivity index (χ0n) is 40.3. The molecular formula is C49H44F2N6O16P2S2. The highest BCUT2D eigenvalue weighted by molar-refractivity contribution is 8.54. The van der Waals surface area contributed by atoms with Gasteiger partial charge < -0.3 is 47.6 Å². The normalized spacial score (nSPS) is 25.4. The fourth-order valence-corrected chi connectivity index (χ4v) is 14.5. The first-order valence-electron chi connectivity index (χ1n) is 23.2. The van der Waals surface area contributed by atoms with Gasteiger partial charge in [0.05, 0.1) is 44.9 Å². The number of carbonyl (C=O) groups excluding carboxylic acids is 2. The lowest BCUT2D eigenvalue weighted by atomic mass is 10.1. The molecule has 0 aliphatic carbocycles. The first kappa shape index (κ1) is 53.8. The maximum Gasteiger partial charge on any atom is 0.424 e. The van der Waals surface area contributed by atoms with E-state index in [2.05, 4.69) is 15.0 Å². The van der Waals surface area contributed by atoms with Crippen LogP contribution in [0.2, 0.25) is 0 Å². The second-order valence-electron chi connectivity index (χ2n) is 17.0. The average molecular weight is 1140 g/mol. The van der Waals surface area contributed by atoms with E-state index >= 15 is 13.3 Å². The van der Waals surface area contributed by atoms with Gasteiger partial charge in [-0.1, -0.05) is 35.6 Å². The van der Waals surface area contributed by atoms with Gasteiger partial charge in [0.15, 0.2) is 36.3 Å². The number of methoxy groups -OCH3 is 2. The molecule has 22 nitrogen and oxygen atoms in total. The zero-order valence-corrected chi connectivity index (χ0v) is 43.7. The molecule has 3 aliphatic rings. The number of benzene rings is 4. The van der Waals surface area contributed by atoms with Gasteiger partial charge in [-0.05, 0) is 95.3 Å². The highest BCUT2D eigenvalue weighted by Gasteiger charge is 2.54. The van der Waals surface area contributed by atoms with Gasteiger partial charge in [0.2, 0.25) is 7.58 Å². The Bertz CT molecular complexity index is 3400. The topological polar surface area (TPSA) is 265 Å². The van der Waals surface area contributed by atoms with Crippen molar-refractivity contribution in [1.29, 1.82) is 0 Å². The Morgan fingerprint density at radius 1 is 0.727 bits per heavy atom. The molecule has 3 fully saturated rings. The summed E-state index contributed by atoms with van der Waals surface area (Å²) in [5.74, 6) is -0.728. The summed E-state index contributed by atoms with van der Waals surface area (Å²) in [5, 5.41) is 0. The Balaban J connectivity index is 0.916. The number of hydrogen-bond donors (Lipinski definition) is 1. The highest BCUT2D eigenvalue weighted by Crippen LogP contribution is 2.65. The number of aromatic nitrogens is 5. The van der Waals surface area contributed by atoms with Gasteiger partial charge in [-0.25, -0.2) is 47.5 Å². The van der Waals surface area contributed by atoms with Crippen molar-refractivity contribution in [3.05, 3.63) is 165 Å². The van der Waals surface area contributed by atoms with Gasteiger partial charge in [-0.15, -0.1) is 0 Å². The molecule has 6 heterocycles. The first-order chi connectivity index (χ1) is 37.2. The molecule has 3 aliphatic heterocycles. The number of halogens is 2. The molecule has 0 radical (unpaired) electrons. The number of esters is 2. The van der Waals surface area contributed by atoms with Crippen molar-refractivity contribution in [1.82, 2.24) is 24.1 Å². The minimum atomic E-state index is -4.62. The molecule has 0 bridgehead atoms. The number of fused-ring (bicyclic) bond motifs is 3. The molecule has 4 aromatic carbocycles. The molecular weight excluding hydrogens is 1090 g/mol. The van der Waals surface area contributed by atoms with Crippen LogP contribution >= 0.6 is 37.1 Å². The van der Waals surface area contributed by atoms with E-state index in [0.717, 1.165) is 23.6 Å². The molecule has 28 heteroatoms. The molecule has 2 N–H and O–H groups in total. The van der Waals surface area contributed by atoms with Crippen LogP contribution in [0.25, 0.3) is 11.2 Å². The van der Waals surface area contributed by atoms with Crippen LogP contribution in [0.15, 0.2) is 136 Å². The van der Waals surface area contributed by atoms with Crippen LogP contribution in [0.3, 0.4) is 0 Å². The third kappa shape index (κ3) is 12.3. The summed E-state index contributed by atoms with van der Waals surface area (Å²) in [4.78, 5) is 63.0. The summed E-state index contributed by atoms with van der Waals surface area (Å²) in [6.45, 7) is -5.80. The average Bonchev–Trinajstić information content (AvgIpc) is 4.10. The number of rotatable bonds is 14. The van der Waals surface area contributed by atoms with E-state index in [0.29, 0.717) is 44.1 Å². The number of nitrogens with zero attached hydrogens (tertiary/aromatic N) is 5. The molecule has 10 rings (SSSR count). The van der Waals surface area contributed by atoms with Crippen molar-refractivity contribution >= 4 is 66.1 Å². The summed E-state index contributed by atoms with van der Waals surface area (Å²) >= 11 is 1.77.